The fraction of sp³-hybridized carbons (Fsp3) is 0.812. The van der Waals surface area contributed by atoms with Gasteiger partial charge in [0.05, 0.1) is 0 Å². The second kappa shape index (κ2) is 29.6. The minimum absolute atomic E-state index is 0.0235. The third-order valence-electron chi connectivity index (χ3n) is 7.67. The van der Waals surface area contributed by atoms with Crippen molar-refractivity contribution in [1.29, 1.82) is 10.8 Å². The number of hydrogen-bond acceptors (Lipinski definition) is 9. The van der Waals surface area contributed by atoms with E-state index in [1.54, 1.807) is 16.7 Å². The highest BCUT2D eigenvalue weighted by Gasteiger charge is 2.25. The monoisotopic (exact) mass is 715 g/mol. The van der Waals surface area contributed by atoms with E-state index < -0.39 is 24.0 Å². The van der Waals surface area contributed by atoms with E-state index in [0.29, 0.717) is 44.6 Å². The van der Waals surface area contributed by atoms with Crippen LogP contribution < -0.4 is 49.5 Å². The second-order valence-electron chi connectivity index (χ2n) is 12.3. The zero-order chi connectivity index (χ0) is 36.9. The summed E-state index contributed by atoms with van der Waals surface area (Å²) in [6.07, 6.45) is 14.2. The summed E-state index contributed by atoms with van der Waals surface area (Å²) < 4.78 is 0. The highest BCUT2D eigenvalue weighted by Crippen LogP contribution is 2.14. The van der Waals surface area contributed by atoms with Crippen LogP contribution in [0.1, 0.15) is 97.3 Å². The van der Waals surface area contributed by atoms with Crippen LogP contribution in [0.5, 0.6) is 0 Å². The number of nitrogens with one attached hydrogen (secondary N) is 7. The Kier molecular flexibility index (Phi) is 27.6. The minimum atomic E-state index is -0.889. The third kappa shape index (κ3) is 26.3. The van der Waals surface area contributed by atoms with Crippen molar-refractivity contribution in [2.75, 3.05) is 50.8 Å². The molecule has 0 rings (SSSR count). The second-order valence-corrected chi connectivity index (χ2v) is 13.4. The number of unbranched alkanes of at least 4 members (excludes halogenated alkanes) is 10. The fourth-order valence-electron chi connectivity index (χ4n) is 4.87. The number of nitrogens with zero attached hydrogens (tertiary/aromatic N) is 1. The van der Waals surface area contributed by atoms with Crippen LogP contribution >= 0.6 is 11.8 Å². The van der Waals surface area contributed by atoms with Crippen molar-refractivity contribution in [1.82, 2.24) is 31.5 Å². The number of carbonyl (C=O) groups excluding carboxylic acids is 4. The van der Waals surface area contributed by atoms with Gasteiger partial charge in [0.2, 0.25) is 23.6 Å². The highest BCUT2D eigenvalue weighted by atomic mass is 32.2. The number of rotatable bonds is 30. The molecule has 0 bridgehead atoms. The van der Waals surface area contributed by atoms with E-state index in [9.17, 15) is 19.2 Å². The largest absolute Gasteiger partial charge is 0.370 e. The predicted octanol–water partition coefficient (Wildman–Crippen LogP) is -0.00276. The van der Waals surface area contributed by atoms with Crippen molar-refractivity contribution < 1.29 is 19.2 Å². The molecule has 0 saturated heterocycles. The molecule has 0 saturated carbocycles. The lowest BCUT2D eigenvalue weighted by Crippen LogP contribution is -2.51. The highest BCUT2D eigenvalue weighted by molar-refractivity contribution is 7.99. The standard InChI is InChI=1S/C32H66N12O4S/c1-3-4-5-6-7-8-9-10-11-14-20-49-23-27(43-24(2)45)30(48)44(19-15-17-40-29(47)26(34)22-42-32(37)38)18-13-12-16-39-28(46)25(33)21-41-31(35)36/h25-27H,3-23,33-34H2,1-2H3,(H,39,46)(H,40,47)(H,43,45)(H4,35,36,41)(H4,37,38,42)/t25-,26-,27+/m0/s1. The zero-order valence-electron chi connectivity index (χ0n) is 29.9. The van der Waals surface area contributed by atoms with Gasteiger partial charge < -0.3 is 54.4 Å². The molecule has 0 aromatic carbocycles. The summed E-state index contributed by atoms with van der Waals surface area (Å²) in [5, 5.41) is 27.7. The van der Waals surface area contributed by atoms with Crippen molar-refractivity contribution in [3.8, 4) is 0 Å². The number of amides is 4. The molecular weight excluding hydrogens is 648 g/mol. The van der Waals surface area contributed by atoms with Crippen LogP contribution in [0.2, 0.25) is 0 Å². The SMILES string of the molecule is CCCCCCCCCCCCSC[C@@H](NC(C)=O)C(=O)N(CCCCNC(=O)[C@@H](N)CNC(=N)N)CCCNC(=O)[C@@H](N)CNC(=N)N. The number of carbonyl (C=O) groups is 4. The minimum Gasteiger partial charge on any atom is -0.370 e. The first-order valence-electron chi connectivity index (χ1n) is 17.7. The predicted molar refractivity (Wildman–Crippen MR) is 199 cm³/mol. The summed E-state index contributed by atoms with van der Waals surface area (Å²) in [5.74, 6) is -0.428. The van der Waals surface area contributed by atoms with E-state index in [-0.39, 0.29) is 49.3 Å². The van der Waals surface area contributed by atoms with Gasteiger partial charge in [0.1, 0.15) is 18.1 Å². The molecule has 0 fully saturated rings. The molecule has 284 valence electrons. The zero-order valence-corrected chi connectivity index (χ0v) is 30.7. The molecular formula is C32H66N12O4S. The van der Waals surface area contributed by atoms with Gasteiger partial charge in [-0.1, -0.05) is 64.7 Å². The van der Waals surface area contributed by atoms with Gasteiger partial charge in [-0.2, -0.15) is 11.8 Å². The average Bonchev–Trinajstić information content (AvgIpc) is 3.05. The number of guanidine groups is 2. The summed E-state index contributed by atoms with van der Waals surface area (Å²) in [6.45, 7) is 5.05. The lowest BCUT2D eigenvalue weighted by molar-refractivity contribution is -0.135. The molecule has 0 aromatic rings. The molecule has 4 amide bonds. The fourth-order valence-corrected chi connectivity index (χ4v) is 5.91. The quantitative estimate of drug-likeness (QED) is 0.0267. The van der Waals surface area contributed by atoms with Crippen LogP contribution in [-0.2, 0) is 19.2 Å². The van der Waals surface area contributed by atoms with Crippen LogP contribution in [0.3, 0.4) is 0 Å². The summed E-state index contributed by atoms with van der Waals surface area (Å²) >= 11 is 1.66. The van der Waals surface area contributed by atoms with Crippen molar-refractivity contribution in [3.63, 3.8) is 0 Å². The number of hydrogen-bond donors (Lipinski definition) is 11. The Balaban J connectivity index is 4.98. The molecule has 0 heterocycles. The van der Waals surface area contributed by atoms with Gasteiger partial charge in [-0.3, -0.25) is 30.0 Å². The van der Waals surface area contributed by atoms with E-state index in [1.807, 2.05) is 0 Å². The molecule has 17 heteroatoms. The summed E-state index contributed by atoms with van der Waals surface area (Å²) in [5.41, 5.74) is 22.1. The van der Waals surface area contributed by atoms with E-state index in [4.69, 9.17) is 33.8 Å². The van der Waals surface area contributed by atoms with Gasteiger partial charge >= 0.3 is 0 Å². The molecule has 16 nitrogen and oxygen atoms in total. The molecule has 0 aromatic heterocycles. The Morgan fingerprint density at radius 2 is 1.14 bits per heavy atom. The Morgan fingerprint density at radius 3 is 1.63 bits per heavy atom. The molecule has 0 radical (unpaired) electrons. The maximum atomic E-state index is 13.7. The van der Waals surface area contributed by atoms with Crippen molar-refractivity contribution >= 4 is 47.3 Å². The van der Waals surface area contributed by atoms with Gasteiger partial charge in [0.25, 0.3) is 0 Å². The Labute approximate surface area is 297 Å². The Morgan fingerprint density at radius 1 is 0.673 bits per heavy atom. The van der Waals surface area contributed by atoms with Crippen molar-refractivity contribution in [2.45, 2.75) is 115 Å². The van der Waals surface area contributed by atoms with Crippen LogP contribution in [0.15, 0.2) is 0 Å². The Hall–Kier alpha value is -3.31. The van der Waals surface area contributed by atoms with Gasteiger partial charge in [0, 0.05) is 51.9 Å². The first-order valence-corrected chi connectivity index (χ1v) is 18.9. The van der Waals surface area contributed by atoms with Crippen LogP contribution in [-0.4, -0.2) is 109 Å². The van der Waals surface area contributed by atoms with Crippen LogP contribution in [0.25, 0.3) is 0 Å². The van der Waals surface area contributed by atoms with Gasteiger partial charge in [-0.25, -0.2) is 0 Å². The molecule has 49 heavy (non-hydrogen) atoms. The lowest BCUT2D eigenvalue weighted by atomic mass is 10.1. The summed E-state index contributed by atoms with van der Waals surface area (Å²) in [6, 6.07) is -2.43. The molecule has 0 aliphatic carbocycles. The Bertz CT molecular complexity index is 974. The summed E-state index contributed by atoms with van der Waals surface area (Å²) in [4.78, 5) is 51.9. The first kappa shape index (κ1) is 45.7. The first-order chi connectivity index (χ1) is 23.4. The molecule has 0 spiro atoms. The third-order valence-corrected chi connectivity index (χ3v) is 8.82. The molecule has 0 unspecified atom stereocenters. The van der Waals surface area contributed by atoms with Crippen molar-refractivity contribution in [2.24, 2.45) is 22.9 Å². The van der Waals surface area contributed by atoms with Gasteiger partial charge in [0.15, 0.2) is 11.9 Å². The maximum absolute atomic E-state index is 13.7. The van der Waals surface area contributed by atoms with Gasteiger partial charge in [-0.15, -0.1) is 0 Å². The number of thioether (sulfide) groups is 1. The topological polar surface area (TPSA) is 283 Å². The van der Waals surface area contributed by atoms with E-state index in [2.05, 4.69) is 33.5 Å². The maximum Gasteiger partial charge on any atom is 0.246 e. The number of nitrogens with two attached hydrogens (primary N) is 4. The molecule has 0 aliphatic rings. The molecule has 15 N–H and O–H groups in total. The van der Waals surface area contributed by atoms with E-state index in [1.165, 1.54) is 58.3 Å². The summed E-state index contributed by atoms with van der Waals surface area (Å²) in [7, 11) is 0. The average molecular weight is 715 g/mol. The lowest BCUT2D eigenvalue weighted by Gasteiger charge is -2.28. The normalized spacial score (nSPS) is 12.7. The molecule has 0 aliphatic heterocycles. The molecule has 3 atom stereocenters. The van der Waals surface area contributed by atoms with Gasteiger partial charge in [-0.05, 0) is 31.4 Å². The van der Waals surface area contributed by atoms with E-state index >= 15 is 0 Å². The van der Waals surface area contributed by atoms with Crippen molar-refractivity contribution in [3.05, 3.63) is 0 Å². The van der Waals surface area contributed by atoms with E-state index in [0.717, 1.165) is 18.6 Å². The van der Waals surface area contributed by atoms with Crippen LogP contribution in [0, 0.1) is 10.8 Å². The van der Waals surface area contributed by atoms with Crippen LogP contribution in [0.4, 0.5) is 0 Å². The smallest absolute Gasteiger partial charge is 0.246 e.